The molecule has 0 saturated carbocycles. The first-order valence-corrected chi connectivity index (χ1v) is 4.61. The van der Waals surface area contributed by atoms with E-state index in [1.165, 1.54) is 0 Å². The Hall–Kier alpha value is -1.51. The number of carboxylic acids is 1. The Bertz CT molecular complexity index is 389. The Balaban J connectivity index is 2.48. The number of benzene rings is 1. The number of fused-ring (bicyclic) bond motifs is 1. The van der Waals surface area contributed by atoms with Gasteiger partial charge in [0.1, 0.15) is 5.54 Å². The van der Waals surface area contributed by atoms with E-state index in [1.807, 2.05) is 36.2 Å². The average molecular weight is 191 g/mol. The van der Waals surface area contributed by atoms with Crippen LogP contribution in [0.25, 0.3) is 0 Å². The number of anilines is 1. The molecule has 2 rings (SSSR count). The number of hydrogen-bond donors (Lipinski definition) is 1. The Kier molecular flexibility index (Phi) is 1.77. The van der Waals surface area contributed by atoms with Crippen LogP contribution in [0.1, 0.15) is 12.5 Å². The average Bonchev–Trinajstić information content (AvgIpc) is 2.42. The van der Waals surface area contributed by atoms with Gasteiger partial charge >= 0.3 is 5.97 Å². The van der Waals surface area contributed by atoms with E-state index in [4.69, 9.17) is 0 Å². The number of hydrogen-bond acceptors (Lipinski definition) is 2. The van der Waals surface area contributed by atoms with E-state index in [2.05, 4.69) is 0 Å². The smallest absolute Gasteiger partial charge is 0.329 e. The summed E-state index contributed by atoms with van der Waals surface area (Å²) in [5, 5.41) is 9.17. The fourth-order valence-electron chi connectivity index (χ4n) is 1.96. The molecule has 1 aliphatic heterocycles. The van der Waals surface area contributed by atoms with Gasteiger partial charge in [0, 0.05) is 19.2 Å². The summed E-state index contributed by atoms with van der Waals surface area (Å²) in [4.78, 5) is 13.0. The number of rotatable bonds is 1. The van der Waals surface area contributed by atoms with Gasteiger partial charge in [0.25, 0.3) is 0 Å². The maximum atomic E-state index is 11.2. The Labute approximate surface area is 83.0 Å². The quantitative estimate of drug-likeness (QED) is 0.731. The molecule has 0 aromatic heterocycles. The van der Waals surface area contributed by atoms with E-state index < -0.39 is 11.5 Å². The van der Waals surface area contributed by atoms with Crippen molar-refractivity contribution < 1.29 is 9.90 Å². The number of likely N-dealkylation sites (N-methyl/N-ethyl adjacent to an activating group) is 1. The fraction of sp³-hybridized carbons (Fsp3) is 0.364. The minimum atomic E-state index is -0.788. The van der Waals surface area contributed by atoms with Crippen molar-refractivity contribution in [2.45, 2.75) is 18.9 Å². The molecule has 0 amide bonds. The molecule has 1 aromatic carbocycles. The van der Waals surface area contributed by atoms with E-state index in [-0.39, 0.29) is 0 Å². The lowest BCUT2D eigenvalue weighted by atomic mass is 9.97. The zero-order chi connectivity index (χ0) is 10.3. The van der Waals surface area contributed by atoms with E-state index in [0.717, 1.165) is 11.3 Å². The number of nitrogens with zero attached hydrogens (tertiary/aromatic N) is 1. The van der Waals surface area contributed by atoms with Crippen molar-refractivity contribution >= 4 is 11.7 Å². The normalized spacial score (nSPS) is 24.9. The first kappa shape index (κ1) is 9.06. The van der Waals surface area contributed by atoms with Crippen LogP contribution < -0.4 is 4.90 Å². The number of carboxylic acid groups (broad SMARTS) is 1. The summed E-state index contributed by atoms with van der Waals surface area (Å²) in [6.07, 6.45) is 0.578. The van der Waals surface area contributed by atoms with Crippen molar-refractivity contribution in [2.24, 2.45) is 0 Å². The molecule has 0 fully saturated rings. The molecule has 0 saturated heterocycles. The van der Waals surface area contributed by atoms with Crippen molar-refractivity contribution in [1.29, 1.82) is 0 Å². The third-order valence-electron chi connectivity index (χ3n) is 3.09. The highest BCUT2D eigenvalue weighted by molar-refractivity contribution is 5.86. The Morgan fingerprint density at radius 1 is 1.50 bits per heavy atom. The lowest BCUT2D eigenvalue weighted by molar-refractivity contribution is -0.142. The summed E-state index contributed by atoms with van der Waals surface area (Å²) >= 11 is 0. The minimum Gasteiger partial charge on any atom is -0.479 e. The second kappa shape index (κ2) is 2.74. The van der Waals surface area contributed by atoms with Crippen LogP contribution in [0, 0.1) is 0 Å². The van der Waals surface area contributed by atoms with Gasteiger partial charge in [-0.25, -0.2) is 4.79 Å². The van der Waals surface area contributed by atoms with Crippen LogP contribution in [0.3, 0.4) is 0 Å². The molecule has 1 heterocycles. The fourth-order valence-corrected chi connectivity index (χ4v) is 1.96. The van der Waals surface area contributed by atoms with Gasteiger partial charge < -0.3 is 10.0 Å². The number of aliphatic carboxylic acids is 1. The second-order valence-corrected chi connectivity index (χ2v) is 3.94. The highest BCUT2D eigenvalue weighted by Gasteiger charge is 2.43. The van der Waals surface area contributed by atoms with Gasteiger partial charge in [0.05, 0.1) is 0 Å². The van der Waals surface area contributed by atoms with E-state index in [1.54, 1.807) is 6.92 Å². The van der Waals surface area contributed by atoms with Crippen LogP contribution in [-0.4, -0.2) is 23.7 Å². The maximum absolute atomic E-state index is 11.2. The molecule has 0 aliphatic carbocycles. The molecule has 1 aromatic rings. The van der Waals surface area contributed by atoms with Gasteiger partial charge in [0.2, 0.25) is 0 Å². The predicted molar refractivity (Wildman–Crippen MR) is 54.6 cm³/mol. The molecular weight excluding hydrogens is 178 g/mol. The lowest BCUT2D eigenvalue weighted by Crippen LogP contribution is -2.48. The van der Waals surface area contributed by atoms with Gasteiger partial charge in [0.15, 0.2) is 0 Å². The second-order valence-electron chi connectivity index (χ2n) is 3.94. The van der Waals surface area contributed by atoms with E-state index in [9.17, 15) is 9.90 Å². The lowest BCUT2D eigenvalue weighted by Gasteiger charge is -2.29. The summed E-state index contributed by atoms with van der Waals surface area (Å²) < 4.78 is 0. The highest BCUT2D eigenvalue weighted by atomic mass is 16.4. The maximum Gasteiger partial charge on any atom is 0.329 e. The van der Waals surface area contributed by atoms with Gasteiger partial charge in [-0.05, 0) is 18.6 Å². The van der Waals surface area contributed by atoms with Crippen molar-refractivity contribution in [2.75, 3.05) is 11.9 Å². The first-order valence-electron chi connectivity index (χ1n) is 4.61. The summed E-state index contributed by atoms with van der Waals surface area (Å²) in [6, 6.07) is 7.83. The van der Waals surface area contributed by atoms with Gasteiger partial charge in [-0.15, -0.1) is 0 Å². The highest BCUT2D eigenvalue weighted by Crippen LogP contribution is 2.37. The van der Waals surface area contributed by atoms with E-state index in [0.29, 0.717) is 6.42 Å². The van der Waals surface area contributed by atoms with Gasteiger partial charge in [-0.3, -0.25) is 0 Å². The zero-order valence-corrected chi connectivity index (χ0v) is 8.32. The van der Waals surface area contributed by atoms with Crippen LogP contribution >= 0.6 is 0 Å². The standard InChI is InChI=1S/C11H13NO2/c1-11(10(13)14)7-8-5-3-4-6-9(8)12(11)2/h3-6H,7H2,1-2H3,(H,13,14). The molecule has 1 N–H and O–H groups in total. The molecular formula is C11H13NO2. The predicted octanol–water partition coefficient (Wildman–Crippen LogP) is 1.52. The molecule has 3 heteroatoms. The third-order valence-corrected chi connectivity index (χ3v) is 3.09. The summed E-state index contributed by atoms with van der Waals surface area (Å²) in [6.45, 7) is 1.76. The van der Waals surface area contributed by atoms with Crippen LogP contribution in [0.5, 0.6) is 0 Å². The van der Waals surface area contributed by atoms with Crippen molar-refractivity contribution in [1.82, 2.24) is 0 Å². The van der Waals surface area contributed by atoms with Crippen molar-refractivity contribution in [3.63, 3.8) is 0 Å². The molecule has 1 unspecified atom stereocenters. The molecule has 14 heavy (non-hydrogen) atoms. The first-order chi connectivity index (χ1) is 6.55. The molecule has 1 aliphatic rings. The zero-order valence-electron chi connectivity index (χ0n) is 8.32. The Morgan fingerprint density at radius 2 is 2.14 bits per heavy atom. The summed E-state index contributed by atoms with van der Waals surface area (Å²) in [5.74, 6) is -0.767. The molecule has 74 valence electrons. The monoisotopic (exact) mass is 191 g/mol. The van der Waals surface area contributed by atoms with Gasteiger partial charge in [-0.1, -0.05) is 18.2 Å². The van der Waals surface area contributed by atoms with Crippen molar-refractivity contribution in [3.8, 4) is 0 Å². The number of carbonyl (C=O) groups is 1. The molecule has 0 bridgehead atoms. The van der Waals surface area contributed by atoms with Crippen molar-refractivity contribution in [3.05, 3.63) is 29.8 Å². The molecule has 3 nitrogen and oxygen atoms in total. The number of para-hydroxylation sites is 1. The molecule has 0 spiro atoms. The summed E-state index contributed by atoms with van der Waals surface area (Å²) in [7, 11) is 1.83. The Morgan fingerprint density at radius 3 is 2.71 bits per heavy atom. The van der Waals surface area contributed by atoms with Crippen LogP contribution in [0.2, 0.25) is 0 Å². The van der Waals surface area contributed by atoms with E-state index >= 15 is 0 Å². The van der Waals surface area contributed by atoms with Crippen LogP contribution in [-0.2, 0) is 11.2 Å². The largest absolute Gasteiger partial charge is 0.479 e. The minimum absolute atomic E-state index is 0.578. The van der Waals surface area contributed by atoms with Gasteiger partial charge in [-0.2, -0.15) is 0 Å². The topological polar surface area (TPSA) is 40.5 Å². The third kappa shape index (κ3) is 1.02. The van der Waals surface area contributed by atoms with Crippen LogP contribution in [0.15, 0.2) is 24.3 Å². The molecule has 0 radical (unpaired) electrons. The van der Waals surface area contributed by atoms with Crippen LogP contribution in [0.4, 0.5) is 5.69 Å². The summed E-state index contributed by atoms with van der Waals surface area (Å²) in [5.41, 5.74) is 1.35. The SMILES string of the molecule is CN1c2ccccc2CC1(C)C(=O)O. The molecule has 1 atom stereocenters.